The number of aliphatic carboxylic acids is 1. The fourth-order valence-corrected chi connectivity index (χ4v) is 1.12. The lowest BCUT2D eigenvalue weighted by Gasteiger charge is -2.25. The fourth-order valence-electron chi connectivity index (χ4n) is 1.12. The predicted molar refractivity (Wildman–Crippen MR) is 58.9 cm³/mol. The van der Waals surface area contributed by atoms with Crippen molar-refractivity contribution < 1.29 is 19.4 Å². The summed E-state index contributed by atoms with van der Waals surface area (Å²) in [5, 5.41) is 11.4. The molecule has 6 nitrogen and oxygen atoms in total. The minimum atomic E-state index is -1.23. The molecule has 16 heavy (non-hydrogen) atoms. The van der Waals surface area contributed by atoms with Gasteiger partial charge in [-0.05, 0) is 13.3 Å². The molecule has 6 heteroatoms. The zero-order valence-electron chi connectivity index (χ0n) is 9.95. The maximum Gasteiger partial charge on any atom is 0.329 e. The third-order valence-electron chi connectivity index (χ3n) is 2.60. The molecular weight excluding hydrogens is 212 g/mol. The van der Waals surface area contributed by atoms with Crippen molar-refractivity contribution >= 4 is 11.9 Å². The van der Waals surface area contributed by atoms with Crippen molar-refractivity contribution in [1.82, 2.24) is 5.32 Å². The molecule has 0 aliphatic carbocycles. The van der Waals surface area contributed by atoms with E-state index < -0.39 is 11.5 Å². The first-order valence-corrected chi connectivity index (χ1v) is 5.16. The quantitative estimate of drug-likeness (QED) is 0.560. The Bertz CT molecular complexity index is 253. The third kappa shape index (κ3) is 4.16. The summed E-state index contributed by atoms with van der Waals surface area (Å²) in [5.74, 6) is -1.42. The molecule has 0 heterocycles. The van der Waals surface area contributed by atoms with Crippen molar-refractivity contribution in [2.75, 3.05) is 13.7 Å². The van der Waals surface area contributed by atoms with Crippen molar-refractivity contribution in [3.63, 3.8) is 0 Å². The molecule has 0 aromatic heterocycles. The number of hydrogen-bond acceptors (Lipinski definition) is 4. The number of carbonyl (C=O) groups excluding carboxylic acids is 1. The van der Waals surface area contributed by atoms with E-state index in [0.717, 1.165) is 0 Å². The van der Waals surface area contributed by atoms with Crippen molar-refractivity contribution in [2.45, 2.75) is 38.3 Å². The second-order valence-corrected chi connectivity index (χ2v) is 3.84. The molecule has 0 aliphatic heterocycles. The first-order valence-electron chi connectivity index (χ1n) is 5.16. The zero-order chi connectivity index (χ0) is 12.8. The van der Waals surface area contributed by atoms with Gasteiger partial charge in [0.05, 0.1) is 12.5 Å². The van der Waals surface area contributed by atoms with Crippen LogP contribution in [0.3, 0.4) is 0 Å². The topological polar surface area (TPSA) is 102 Å². The number of hydrogen-bond donors (Lipinski definition) is 3. The number of nitrogens with two attached hydrogens (primary N) is 1. The average Bonchev–Trinajstić information content (AvgIpc) is 2.25. The number of ether oxygens (including phenoxy) is 1. The van der Waals surface area contributed by atoms with E-state index in [1.165, 1.54) is 14.0 Å². The van der Waals surface area contributed by atoms with E-state index in [-0.39, 0.29) is 25.0 Å². The molecular formula is C10H20N2O4. The fraction of sp³-hybridized carbons (Fsp3) is 0.800. The number of rotatable bonds is 7. The molecule has 0 spiro atoms. The Morgan fingerprint density at radius 1 is 1.56 bits per heavy atom. The Kier molecular flexibility index (Phi) is 5.98. The summed E-state index contributed by atoms with van der Waals surface area (Å²) >= 11 is 0. The van der Waals surface area contributed by atoms with Gasteiger partial charge in [0, 0.05) is 13.7 Å². The molecule has 2 unspecified atom stereocenters. The van der Waals surface area contributed by atoms with E-state index in [9.17, 15) is 9.59 Å². The monoisotopic (exact) mass is 232 g/mol. The SMILES string of the molecule is CCC(C)(NC(=O)CC(CN)OC)C(=O)O. The zero-order valence-corrected chi connectivity index (χ0v) is 9.95. The molecule has 2 atom stereocenters. The molecule has 0 fully saturated rings. The minimum absolute atomic E-state index is 0.0653. The van der Waals surface area contributed by atoms with E-state index in [0.29, 0.717) is 6.42 Å². The van der Waals surface area contributed by atoms with Gasteiger partial charge >= 0.3 is 5.97 Å². The standard InChI is InChI=1S/C10H20N2O4/c1-4-10(2,9(14)15)12-8(13)5-7(6-11)16-3/h7H,4-6,11H2,1-3H3,(H,12,13)(H,14,15). The van der Waals surface area contributed by atoms with Crippen LogP contribution in [0, 0.1) is 0 Å². The van der Waals surface area contributed by atoms with E-state index in [1.54, 1.807) is 6.92 Å². The third-order valence-corrected chi connectivity index (χ3v) is 2.60. The average molecular weight is 232 g/mol. The highest BCUT2D eigenvalue weighted by Crippen LogP contribution is 2.10. The first-order chi connectivity index (χ1) is 7.39. The van der Waals surface area contributed by atoms with Gasteiger partial charge in [-0.1, -0.05) is 6.92 Å². The van der Waals surface area contributed by atoms with E-state index in [4.69, 9.17) is 15.6 Å². The highest BCUT2D eigenvalue weighted by atomic mass is 16.5. The Hall–Kier alpha value is -1.14. The summed E-state index contributed by atoms with van der Waals surface area (Å²) in [6.45, 7) is 3.39. The van der Waals surface area contributed by atoms with Gasteiger partial charge in [-0.3, -0.25) is 4.79 Å². The summed E-state index contributed by atoms with van der Waals surface area (Å²) in [7, 11) is 1.46. The molecule has 0 saturated heterocycles. The normalized spacial score (nSPS) is 16.2. The van der Waals surface area contributed by atoms with Gasteiger partial charge in [0.1, 0.15) is 5.54 Å². The van der Waals surface area contributed by atoms with Gasteiger partial charge in [0.25, 0.3) is 0 Å². The Morgan fingerprint density at radius 2 is 2.12 bits per heavy atom. The van der Waals surface area contributed by atoms with E-state index in [1.807, 2.05) is 0 Å². The second kappa shape index (κ2) is 6.44. The number of nitrogens with one attached hydrogen (secondary N) is 1. The van der Waals surface area contributed by atoms with Gasteiger partial charge < -0.3 is 20.9 Å². The van der Waals surface area contributed by atoms with Gasteiger partial charge in [-0.25, -0.2) is 4.79 Å². The molecule has 0 bridgehead atoms. The van der Waals surface area contributed by atoms with Crippen molar-refractivity contribution in [3.05, 3.63) is 0 Å². The molecule has 1 amide bonds. The summed E-state index contributed by atoms with van der Waals surface area (Å²) in [6, 6.07) is 0. The molecule has 0 aromatic rings. The number of carboxylic acids is 1. The summed E-state index contributed by atoms with van der Waals surface area (Å²) < 4.78 is 4.95. The van der Waals surface area contributed by atoms with Crippen LogP contribution < -0.4 is 11.1 Å². The number of methoxy groups -OCH3 is 1. The van der Waals surface area contributed by atoms with Crippen LogP contribution in [0.15, 0.2) is 0 Å². The van der Waals surface area contributed by atoms with E-state index >= 15 is 0 Å². The van der Waals surface area contributed by atoms with Crippen molar-refractivity contribution in [3.8, 4) is 0 Å². The Labute approximate surface area is 95.1 Å². The lowest BCUT2D eigenvalue weighted by molar-refractivity contribution is -0.147. The lowest BCUT2D eigenvalue weighted by Crippen LogP contribution is -2.52. The Morgan fingerprint density at radius 3 is 2.44 bits per heavy atom. The van der Waals surface area contributed by atoms with Crippen LogP contribution in [0.1, 0.15) is 26.7 Å². The molecule has 0 rings (SSSR count). The van der Waals surface area contributed by atoms with Gasteiger partial charge in [0.15, 0.2) is 0 Å². The van der Waals surface area contributed by atoms with Crippen LogP contribution in [-0.4, -0.2) is 42.3 Å². The van der Waals surface area contributed by atoms with Crippen molar-refractivity contribution in [1.29, 1.82) is 0 Å². The second-order valence-electron chi connectivity index (χ2n) is 3.84. The molecule has 4 N–H and O–H groups in total. The van der Waals surface area contributed by atoms with Crippen LogP contribution >= 0.6 is 0 Å². The van der Waals surface area contributed by atoms with E-state index in [2.05, 4.69) is 5.32 Å². The van der Waals surface area contributed by atoms with Crippen LogP contribution in [0.25, 0.3) is 0 Å². The highest BCUT2D eigenvalue weighted by molar-refractivity contribution is 5.86. The summed E-state index contributed by atoms with van der Waals surface area (Å²) in [6.07, 6.45) is -0.000538. The van der Waals surface area contributed by atoms with Gasteiger partial charge in [-0.2, -0.15) is 0 Å². The van der Waals surface area contributed by atoms with Crippen LogP contribution in [0.5, 0.6) is 0 Å². The number of carboxylic acid groups (broad SMARTS) is 1. The van der Waals surface area contributed by atoms with Gasteiger partial charge in [0.2, 0.25) is 5.91 Å². The number of amides is 1. The molecule has 0 aromatic carbocycles. The van der Waals surface area contributed by atoms with Crippen LogP contribution in [0.2, 0.25) is 0 Å². The van der Waals surface area contributed by atoms with Crippen LogP contribution in [0.4, 0.5) is 0 Å². The maximum absolute atomic E-state index is 11.5. The smallest absolute Gasteiger partial charge is 0.329 e. The minimum Gasteiger partial charge on any atom is -0.480 e. The number of carbonyl (C=O) groups is 2. The summed E-state index contributed by atoms with van der Waals surface area (Å²) in [4.78, 5) is 22.5. The maximum atomic E-state index is 11.5. The van der Waals surface area contributed by atoms with Crippen molar-refractivity contribution in [2.24, 2.45) is 5.73 Å². The molecule has 94 valence electrons. The molecule has 0 aliphatic rings. The predicted octanol–water partition coefficient (Wildman–Crippen LogP) is -0.280. The first kappa shape index (κ1) is 14.9. The summed E-state index contributed by atoms with van der Waals surface area (Å²) in [5.41, 5.74) is 4.13. The Balaban J connectivity index is 4.37. The lowest BCUT2D eigenvalue weighted by atomic mass is 9.99. The molecule has 0 radical (unpaired) electrons. The highest BCUT2D eigenvalue weighted by Gasteiger charge is 2.33. The van der Waals surface area contributed by atoms with Crippen LogP contribution in [-0.2, 0) is 14.3 Å². The van der Waals surface area contributed by atoms with Gasteiger partial charge in [-0.15, -0.1) is 0 Å². The largest absolute Gasteiger partial charge is 0.480 e. The molecule has 0 saturated carbocycles.